The van der Waals surface area contributed by atoms with Gasteiger partial charge in [0.2, 0.25) is 0 Å². The topological polar surface area (TPSA) is 63.4 Å². The van der Waals surface area contributed by atoms with Crippen molar-refractivity contribution in [2.75, 3.05) is 6.54 Å². The SMILES string of the molecule is O=C(c1cccc([N+](=O)[O-])c1)N1CCC2(Cl)CCCCC2C1c1ccccc1Cl. The summed E-state index contributed by atoms with van der Waals surface area (Å²) in [6, 6.07) is 13.2. The number of nitro benzene ring substituents is 1. The van der Waals surface area contributed by atoms with E-state index in [4.69, 9.17) is 23.2 Å². The summed E-state index contributed by atoms with van der Waals surface area (Å²) in [5.41, 5.74) is 1.12. The predicted molar refractivity (Wildman–Crippen MR) is 113 cm³/mol. The number of rotatable bonds is 3. The van der Waals surface area contributed by atoms with E-state index in [0.29, 0.717) is 23.6 Å². The van der Waals surface area contributed by atoms with Crippen LogP contribution in [0.3, 0.4) is 0 Å². The zero-order valence-corrected chi connectivity index (χ0v) is 17.4. The Morgan fingerprint density at radius 3 is 2.69 bits per heavy atom. The van der Waals surface area contributed by atoms with Crippen molar-refractivity contribution in [2.24, 2.45) is 5.92 Å². The minimum Gasteiger partial charge on any atom is -0.331 e. The average Bonchev–Trinajstić information content (AvgIpc) is 2.72. The molecule has 2 aromatic carbocycles. The second kappa shape index (κ2) is 7.96. The summed E-state index contributed by atoms with van der Waals surface area (Å²) in [5, 5.41) is 11.8. The minimum atomic E-state index is -0.483. The zero-order valence-electron chi connectivity index (χ0n) is 15.9. The van der Waals surface area contributed by atoms with Gasteiger partial charge in [-0.25, -0.2) is 0 Å². The molecule has 1 saturated carbocycles. The lowest BCUT2D eigenvalue weighted by Gasteiger charge is -2.52. The molecule has 0 bridgehead atoms. The highest BCUT2D eigenvalue weighted by Crippen LogP contribution is 2.53. The van der Waals surface area contributed by atoms with Gasteiger partial charge in [0.25, 0.3) is 11.6 Å². The fourth-order valence-electron chi connectivity index (χ4n) is 4.89. The lowest BCUT2D eigenvalue weighted by molar-refractivity contribution is -0.384. The number of nitro groups is 1. The molecule has 5 nitrogen and oxygen atoms in total. The maximum Gasteiger partial charge on any atom is 0.270 e. The molecule has 0 N–H and O–H groups in total. The van der Waals surface area contributed by atoms with E-state index in [9.17, 15) is 14.9 Å². The number of likely N-dealkylation sites (tertiary alicyclic amines) is 1. The molecular weight excluding hydrogens is 411 g/mol. The van der Waals surface area contributed by atoms with Crippen molar-refractivity contribution in [3.63, 3.8) is 0 Å². The first kappa shape index (κ1) is 20.2. The Labute approximate surface area is 179 Å². The molecule has 0 spiro atoms. The zero-order chi connectivity index (χ0) is 20.6. The highest BCUT2D eigenvalue weighted by molar-refractivity contribution is 6.31. The highest BCUT2D eigenvalue weighted by Gasteiger charge is 2.50. The van der Waals surface area contributed by atoms with Gasteiger partial charge in [-0.15, -0.1) is 11.6 Å². The number of carbonyl (C=O) groups is 1. The summed E-state index contributed by atoms with van der Waals surface area (Å²) in [4.78, 5) is 25.6. The van der Waals surface area contributed by atoms with Crippen LogP contribution in [0.5, 0.6) is 0 Å². The van der Waals surface area contributed by atoms with Gasteiger partial charge in [-0.1, -0.05) is 48.7 Å². The molecule has 1 heterocycles. The van der Waals surface area contributed by atoms with Crippen molar-refractivity contribution in [3.05, 3.63) is 74.8 Å². The maximum absolute atomic E-state index is 13.5. The molecule has 4 rings (SSSR count). The largest absolute Gasteiger partial charge is 0.331 e. The molecule has 2 aliphatic rings. The van der Waals surface area contributed by atoms with Crippen molar-refractivity contribution < 1.29 is 9.72 Å². The summed E-state index contributed by atoms with van der Waals surface area (Å²) in [5.74, 6) is -0.128. The van der Waals surface area contributed by atoms with Crippen LogP contribution in [0.1, 0.15) is 54.1 Å². The first-order valence-corrected chi connectivity index (χ1v) is 10.6. The van der Waals surface area contributed by atoms with Crippen molar-refractivity contribution in [3.8, 4) is 0 Å². The van der Waals surface area contributed by atoms with Crippen LogP contribution >= 0.6 is 23.2 Å². The van der Waals surface area contributed by atoms with Gasteiger partial charge in [-0.3, -0.25) is 14.9 Å². The fourth-order valence-corrected chi connectivity index (χ4v) is 5.58. The molecule has 1 amide bonds. The van der Waals surface area contributed by atoms with Crippen LogP contribution in [0.4, 0.5) is 5.69 Å². The number of alkyl halides is 1. The Bertz CT molecular complexity index is 951. The van der Waals surface area contributed by atoms with Gasteiger partial charge in [0.1, 0.15) is 0 Å². The Morgan fingerprint density at radius 1 is 1.14 bits per heavy atom. The summed E-state index contributed by atoms with van der Waals surface area (Å²) in [6.07, 6.45) is 4.73. The minimum absolute atomic E-state index is 0.0912. The molecule has 1 aliphatic carbocycles. The average molecular weight is 433 g/mol. The second-order valence-corrected chi connectivity index (χ2v) is 9.07. The van der Waals surface area contributed by atoms with E-state index in [2.05, 4.69) is 0 Å². The molecule has 3 unspecified atom stereocenters. The Morgan fingerprint density at radius 2 is 1.93 bits per heavy atom. The van der Waals surface area contributed by atoms with E-state index >= 15 is 0 Å². The number of carbonyl (C=O) groups excluding carboxylic acids is 1. The standard InChI is InChI=1S/C22H22Cl2N2O3/c23-19-10-2-1-8-17(19)20-18-9-3-4-11-22(18,24)12-13-25(20)21(27)15-6-5-7-16(14-15)26(28)29/h1-2,5-8,10,14,18,20H,3-4,9,11-13H2. The molecule has 0 radical (unpaired) electrons. The quantitative estimate of drug-likeness (QED) is 0.339. The second-order valence-electron chi connectivity index (χ2n) is 7.91. The van der Waals surface area contributed by atoms with Crippen molar-refractivity contribution in [2.45, 2.75) is 43.0 Å². The number of fused-ring (bicyclic) bond motifs is 1. The lowest BCUT2D eigenvalue weighted by Crippen LogP contribution is -2.53. The van der Waals surface area contributed by atoms with Crippen LogP contribution in [0, 0.1) is 16.0 Å². The molecular formula is C22H22Cl2N2O3. The molecule has 2 fully saturated rings. The first-order chi connectivity index (χ1) is 13.9. The summed E-state index contributed by atoms with van der Waals surface area (Å²) >= 11 is 13.6. The molecule has 1 saturated heterocycles. The number of amides is 1. The lowest BCUT2D eigenvalue weighted by atomic mass is 9.68. The number of piperidine rings is 1. The van der Waals surface area contributed by atoms with E-state index in [1.165, 1.54) is 12.1 Å². The van der Waals surface area contributed by atoms with Crippen LogP contribution in [-0.4, -0.2) is 27.1 Å². The van der Waals surface area contributed by atoms with Crippen LogP contribution in [0.2, 0.25) is 5.02 Å². The highest BCUT2D eigenvalue weighted by atomic mass is 35.5. The van der Waals surface area contributed by atoms with Gasteiger partial charge in [0.05, 0.1) is 15.8 Å². The van der Waals surface area contributed by atoms with Crippen LogP contribution in [-0.2, 0) is 0 Å². The fraction of sp³-hybridized carbons (Fsp3) is 0.409. The molecule has 7 heteroatoms. The van der Waals surface area contributed by atoms with Crippen molar-refractivity contribution in [1.82, 2.24) is 4.90 Å². The molecule has 2 aromatic rings. The summed E-state index contributed by atoms with van der Waals surface area (Å²) in [6.45, 7) is 0.497. The van der Waals surface area contributed by atoms with Crippen LogP contribution < -0.4 is 0 Å². The Balaban J connectivity index is 1.77. The van der Waals surface area contributed by atoms with Gasteiger partial charge < -0.3 is 4.90 Å². The number of non-ortho nitro benzene ring substituents is 1. The third kappa shape index (κ3) is 3.74. The third-order valence-electron chi connectivity index (χ3n) is 6.30. The van der Waals surface area contributed by atoms with Crippen molar-refractivity contribution >= 4 is 34.8 Å². The number of hydrogen-bond acceptors (Lipinski definition) is 3. The summed E-state index contributed by atoms with van der Waals surface area (Å²) in [7, 11) is 0. The van der Waals surface area contributed by atoms with Gasteiger partial charge in [-0.05, 0) is 37.0 Å². The Kier molecular flexibility index (Phi) is 5.54. The van der Waals surface area contributed by atoms with E-state index in [-0.39, 0.29) is 28.4 Å². The Hall–Kier alpha value is -2.11. The van der Waals surface area contributed by atoms with Gasteiger partial charge in [0.15, 0.2) is 0 Å². The van der Waals surface area contributed by atoms with E-state index in [1.54, 1.807) is 12.1 Å². The van der Waals surface area contributed by atoms with E-state index in [0.717, 1.165) is 31.2 Å². The number of benzene rings is 2. The maximum atomic E-state index is 13.5. The first-order valence-electron chi connectivity index (χ1n) is 9.89. The van der Waals surface area contributed by atoms with E-state index < -0.39 is 4.92 Å². The summed E-state index contributed by atoms with van der Waals surface area (Å²) < 4.78 is 0. The van der Waals surface area contributed by atoms with Crippen molar-refractivity contribution in [1.29, 1.82) is 0 Å². The van der Waals surface area contributed by atoms with Gasteiger partial charge in [0, 0.05) is 35.2 Å². The predicted octanol–water partition coefficient (Wildman–Crippen LogP) is 6.00. The molecule has 3 atom stereocenters. The number of halogens is 2. The van der Waals surface area contributed by atoms with Crippen LogP contribution in [0.15, 0.2) is 48.5 Å². The monoisotopic (exact) mass is 432 g/mol. The molecule has 29 heavy (non-hydrogen) atoms. The van der Waals surface area contributed by atoms with Gasteiger partial charge in [-0.2, -0.15) is 0 Å². The normalized spacial score (nSPS) is 26.6. The molecule has 0 aromatic heterocycles. The number of hydrogen-bond donors (Lipinski definition) is 0. The van der Waals surface area contributed by atoms with E-state index in [1.807, 2.05) is 29.2 Å². The smallest absolute Gasteiger partial charge is 0.270 e. The van der Waals surface area contributed by atoms with Gasteiger partial charge >= 0.3 is 0 Å². The number of nitrogens with zero attached hydrogens (tertiary/aromatic N) is 2. The molecule has 152 valence electrons. The van der Waals surface area contributed by atoms with Crippen LogP contribution in [0.25, 0.3) is 0 Å². The third-order valence-corrected chi connectivity index (χ3v) is 7.30. The molecule has 1 aliphatic heterocycles.